The Hall–Kier alpha value is -1.16. The summed E-state index contributed by atoms with van der Waals surface area (Å²) >= 11 is 0. The van der Waals surface area contributed by atoms with E-state index in [1.807, 2.05) is 0 Å². The van der Waals surface area contributed by atoms with Gasteiger partial charge in [0, 0.05) is 19.0 Å². The predicted molar refractivity (Wildman–Crippen MR) is 51.4 cm³/mol. The van der Waals surface area contributed by atoms with Crippen LogP contribution < -0.4 is 0 Å². The lowest BCUT2D eigenvalue weighted by atomic mass is 10.2. The van der Waals surface area contributed by atoms with Crippen LogP contribution in [0.4, 0.5) is 0 Å². The van der Waals surface area contributed by atoms with Crippen molar-refractivity contribution in [2.45, 2.75) is 31.9 Å². The molecule has 4 heteroatoms. The van der Waals surface area contributed by atoms with Crippen molar-refractivity contribution in [3.05, 3.63) is 12.2 Å². The van der Waals surface area contributed by atoms with Crippen LogP contribution >= 0.6 is 0 Å². The van der Waals surface area contributed by atoms with Gasteiger partial charge >= 0.3 is 0 Å². The fourth-order valence-electron chi connectivity index (χ4n) is 1.43. The van der Waals surface area contributed by atoms with Crippen molar-refractivity contribution in [2.75, 3.05) is 6.54 Å². The average Bonchev–Trinajstić information content (AvgIpc) is 2.48. The summed E-state index contributed by atoms with van der Waals surface area (Å²) in [7, 11) is 0. The maximum atomic E-state index is 11.1. The van der Waals surface area contributed by atoms with E-state index in [0.717, 1.165) is 25.5 Å². The highest BCUT2D eigenvalue weighted by atomic mass is 16.3. The largest absolute Gasteiger partial charge is 0.370 e. The summed E-state index contributed by atoms with van der Waals surface area (Å²) in [5, 5.41) is 9.32. The molecular formula is C10H15NO3. The topological polar surface area (TPSA) is 57.6 Å². The minimum atomic E-state index is -0.756. The normalized spacial score (nSPS) is 20.5. The lowest BCUT2D eigenvalue weighted by Gasteiger charge is -2.19. The maximum absolute atomic E-state index is 11.1. The number of carbonyl (C=O) groups is 2. The van der Waals surface area contributed by atoms with Crippen LogP contribution in [0.2, 0.25) is 0 Å². The van der Waals surface area contributed by atoms with Gasteiger partial charge in [0.05, 0.1) is 0 Å². The third-order valence-electron chi connectivity index (χ3n) is 2.23. The van der Waals surface area contributed by atoms with Crippen molar-refractivity contribution in [3.63, 3.8) is 0 Å². The Morgan fingerprint density at radius 3 is 2.79 bits per heavy atom. The number of aliphatic hydroxyl groups is 1. The molecule has 0 saturated carbocycles. The van der Waals surface area contributed by atoms with Gasteiger partial charge in [-0.05, 0) is 18.9 Å². The van der Waals surface area contributed by atoms with Crippen LogP contribution in [-0.4, -0.2) is 35.0 Å². The minimum absolute atomic E-state index is 0.132. The van der Waals surface area contributed by atoms with E-state index in [9.17, 15) is 14.7 Å². The van der Waals surface area contributed by atoms with E-state index in [-0.39, 0.29) is 5.91 Å². The van der Waals surface area contributed by atoms with Gasteiger partial charge in [-0.15, -0.1) is 0 Å². The highest BCUT2D eigenvalue weighted by Gasteiger charge is 2.22. The quantitative estimate of drug-likeness (QED) is 0.497. The second-order valence-electron chi connectivity index (χ2n) is 3.32. The van der Waals surface area contributed by atoms with Crippen LogP contribution in [0, 0.1) is 0 Å². The number of hydrogen-bond acceptors (Lipinski definition) is 3. The molecule has 0 bridgehead atoms. The van der Waals surface area contributed by atoms with Gasteiger partial charge in [0.15, 0.2) is 0 Å². The SMILES string of the molecule is O=CCCCCCN1C(=O)C=CC1O. The number of nitrogens with zero attached hydrogens (tertiary/aromatic N) is 1. The van der Waals surface area contributed by atoms with Gasteiger partial charge in [-0.1, -0.05) is 6.42 Å². The van der Waals surface area contributed by atoms with Crippen LogP contribution in [0.15, 0.2) is 12.2 Å². The fourth-order valence-corrected chi connectivity index (χ4v) is 1.43. The number of aliphatic hydroxyl groups excluding tert-OH is 1. The van der Waals surface area contributed by atoms with Gasteiger partial charge in [0.2, 0.25) is 5.91 Å². The van der Waals surface area contributed by atoms with E-state index in [1.54, 1.807) is 0 Å². The monoisotopic (exact) mass is 197 g/mol. The third-order valence-corrected chi connectivity index (χ3v) is 2.23. The maximum Gasteiger partial charge on any atom is 0.248 e. The summed E-state index contributed by atoms with van der Waals surface area (Å²) in [6.45, 7) is 0.561. The standard InChI is InChI=1S/C10H15NO3/c12-8-4-2-1-3-7-11-9(13)5-6-10(11)14/h5-6,8-9,13H,1-4,7H2. The first-order valence-corrected chi connectivity index (χ1v) is 4.86. The van der Waals surface area contributed by atoms with Crippen LogP contribution in [0.1, 0.15) is 25.7 Å². The molecule has 1 amide bonds. The Kier molecular flexibility index (Phi) is 4.32. The third kappa shape index (κ3) is 2.96. The van der Waals surface area contributed by atoms with E-state index >= 15 is 0 Å². The molecule has 0 aromatic heterocycles. The Labute approximate surface area is 83.2 Å². The van der Waals surface area contributed by atoms with Gasteiger partial charge in [0.25, 0.3) is 0 Å². The highest BCUT2D eigenvalue weighted by molar-refractivity contribution is 5.90. The number of aldehydes is 1. The molecule has 1 rings (SSSR count). The van der Waals surface area contributed by atoms with E-state index in [0.29, 0.717) is 13.0 Å². The number of amides is 1. The average molecular weight is 197 g/mol. The van der Waals surface area contributed by atoms with Crippen molar-refractivity contribution in [3.8, 4) is 0 Å². The highest BCUT2D eigenvalue weighted by Crippen LogP contribution is 2.10. The van der Waals surface area contributed by atoms with E-state index in [1.165, 1.54) is 17.1 Å². The first-order chi connectivity index (χ1) is 6.75. The van der Waals surface area contributed by atoms with Crippen LogP contribution in [0.5, 0.6) is 0 Å². The molecule has 0 spiro atoms. The van der Waals surface area contributed by atoms with Gasteiger partial charge in [-0.25, -0.2) is 0 Å². The Balaban J connectivity index is 2.12. The van der Waals surface area contributed by atoms with Crippen LogP contribution in [0.25, 0.3) is 0 Å². The number of unbranched alkanes of at least 4 members (excludes halogenated alkanes) is 3. The Morgan fingerprint density at radius 2 is 2.21 bits per heavy atom. The first-order valence-electron chi connectivity index (χ1n) is 4.86. The lowest BCUT2D eigenvalue weighted by Crippen LogP contribution is -2.34. The van der Waals surface area contributed by atoms with E-state index in [2.05, 4.69) is 0 Å². The second kappa shape index (κ2) is 5.54. The molecule has 0 radical (unpaired) electrons. The molecule has 14 heavy (non-hydrogen) atoms. The zero-order valence-corrected chi connectivity index (χ0v) is 8.06. The molecule has 0 fully saturated rings. The van der Waals surface area contributed by atoms with Crippen molar-refractivity contribution >= 4 is 12.2 Å². The molecule has 0 aliphatic carbocycles. The van der Waals surface area contributed by atoms with Crippen LogP contribution in [0.3, 0.4) is 0 Å². The smallest absolute Gasteiger partial charge is 0.248 e. The summed E-state index contributed by atoms with van der Waals surface area (Å²) in [4.78, 5) is 22.6. The molecule has 1 aliphatic rings. The second-order valence-corrected chi connectivity index (χ2v) is 3.32. The molecule has 0 aromatic carbocycles. The summed E-state index contributed by atoms with van der Waals surface area (Å²) in [5.74, 6) is -0.132. The van der Waals surface area contributed by atoms with Gasteiger partial charge < -0.3 is 14.8 Å². The van der Waals surface area contributed by atoms with Crippen molar-refractivity contribution < 1.29 is 14.7 Å². The van der Waals surface area contributed by atoms with Gasteiger partial charge in [-0.3, -0.25) is 4.79 Å². The Morgan fingerprint density at radius 1 is 1.43 bits per heavy atom. The summed E-state index contributed by atoms with van der Waals surface area (Å²) < 4.78 is 0. The van der Waals surface area contributed by atoms with E-state index in [4.69, 9.17) is 0 Å². The lowest BCUT2D eigenvalue weighted by molar-refractivity contribution is -0.130. The number of hydrogen-bond donors (Lipinski definition) is 1. The predicted octanol–water partition coefficient (Wildman–Crippen LogP) is 0.463. The molecule has 1 atom stereocenters. The molecule has 78 valence electrons. The molecule has 1 N–H and O–H groups in total. The van der Waals surface area contributed by atoms with E-state index < -0.39 is 6.23 Å². The molecule has 1 heterocycles. The zero-order chi connectivity index (χ0) is 10.4. The van der Waals surface area contributed by atoms with Crippen molar-refractivity contribution in [1.29, 1.82) is 0 Å². The summed E-state index contributed by atoms with van der Waals surface area (Å²) in [6.07, 6.45) is 6.19. The molecule has 0 saturated heterocycles. The van der Waals surface area contributed by atoms with Crippen LogP contribution in [-0.2, 0) is 9.59 Å². The van der Waals surface area contributed by atoms with Crippen molar-refractivity contribution in [2.24, 2.45) is 0 Å². The summed E-state index contributed by atoms with van der Waals surface area (Å²) in [6, 6.07) is 0. The number of carbonyl (C=O) groups excluding carboxylic acids is 2. The molecular weight excluding hydrogens is 182 g/mol. The zero-order valence-electron chi connectivity index (χ0n) is 8.06. The molecule has 1 unspecified atom stereocenters. The van der Waals surface area contributed by atoms with Gasteiger partial charge in [0.1, 0.15) is 12.5 Å². The summed E-state index contributed by atoms with van der Waals surface area (Å²) in [5.41, 5.74) is 0. The first kappa shape index (κ1) is 10.9. The molecule has 1 aliphatic heterocycles. The van der Waals surface area contributed by atoms with Gasteiger partial charge in [-0.2, -0.15) is 0 Å². The molecule has 0 aromatic rings. The molecule has 4 nitrogen and oxygen atoms in total. The Bertz CT molecular complexity index is 238. The number of rotatable bonds is 6. The minimum Gasteiger partial charge on any atom is -0.370 e. The fraction of sp³-hybridized carbons (Fsp3) is 0.600. The van der Waals surface area contributed by atoms with Crippen molar-refractivity contribution in [1.82, 2.24) is 4.90 Å².